The lowest BCUT2D eigenvalue weighted by atomic mass is 10.1. The Hall–Kier alpha value is -2.37. The van der Waals surface area contributed by atoms with Crippen molar-refractivity contribution >= 4 is 23.4 Å². The quantitative estimate of drug-likeness (QED) is 0.620. The summed E-state index contributed by atoms with van der Waals surface area (Å²) in [6, 6.07) is 4.10. The second-order valence-electron chi connectivity index (χ2n) is 5.21. The summed E-state index contributed by atoms with van der Waals surface area (Å²) in [6.45, 7) is 1.55. The van der Waals surface area contributed by atoms with Crippen LogP contribution in [0.3, 0.4) is 0 Å². The third-order valence-corrected chi connectivity index (χ3v) is 3.67. The molecular weight excluding hydrogens is 258 g/mol. The molecule has 0 saturated heterocycles. The number of carbonyl (C=O) groups is 3. The highest BCUT2D eigenvalue weighted by molar-refractivity contribution is 6.24. The highest BCUT2D eigenvalue weighted by Gasteiger charge is 2.42. The predicted octanol–water partition coefficient (Wildman–Crippen LogP) is 0.532. The number of nitrogen functional groups attached to an aromatic ring is 1. The van der Waals surface area contributed by atoms with E-state index in [0.29, 0.717) is 0 Å². The van der Waals surface area contributed by atoms with Gasteiger partial charge in [-0.15, -0.1) is 0 Å². The number of nitrogens with zero attached hydrogens (tertiary/aromatic N) is 1. The second kappa shape index (κ2) is 4.33. The molecule has 1 aliphatic carbocycles. The number of benzene rings is 1. The van der Waals surface area contributed by atoms with Crippen LogP contribution in [0, 0.1) is 0 Å². The molecular formula is C14H15N3O3. The standard InChI is InChI=1S/C14H15N3O3/c1-7(12(18)16-8-5-6-8)17-13(19)9-3-2-4-10(15)11(9)14(17)20/h2-4,7-8H,5-6,15H2,1H3,(H,16,18). The number of anilines is 1. The van der Waals surface area contributed by atoms with Crippen LogP contribution in [0.2, 0.25) is 0 Å². The molecule has 2 aliphatic rings. The Balaban J connectivity index is 1.89. The second-order valence-corrected chi connectivity index (χ2v) is 5.21. The number of fused-ring (bicyclic) bond motifs is 1. The maximum Gasteiger partial charge on any atom is 0.264 e. The van der Waals surface area contributed by atoms with Gasteiger partial charge in [0.1, 0.15) is 6.04 Å². The molecule has 1 atom stereocenters. The fraction of sp³-hybridized carbons (Fsp3) is 0.357. The van der Waals surface area contributed by atoms with Crippen LogP contribution >= 0.6 is 0 Å². The molecule has 104 valence electrons. The molecule has 3 N–H and O–H groups in total. The minimum Gasteiger partial charge on any atom is -0.398 e. The third-order valence-electron chi connectivity index (χ3n) is 3.67. The summed E-state index contributed by atoms with van der Waals surface area (Å²) in [7, 11) is 0. The highest BCUT2D eigenvalue weighted by Crippen LogP contribution is 2.29. The largest absolute Gasteiger partial charge is 0.398 e. The van der Waals surface area contributed by atoms with Gasteiger partial charge in [-0.05, 0) is 31.9 Å². The van der Waals surface area contributed by atoms with Crippen LogP contribution in [0.4, 0.5) is 5.69 Å². The highest BCUT2D eigenvalue weighted by atomic mass is 16.2. The topological polar surface area (TPSA) is 92.5 Å². The number of carbonyl (C=O) groups excluding carboxylic acids is 3. The summed E-state index contributed by atoms with van der Waals surface area (Å²) >= 11 is 0. The van der Waals surface area contributed by atoms with Crippen molar-refractivity contribution in [3.8, 4) is 0 Å². The van der Waals surface area contributed by atoms with E-state index in [1.807, 2.05) is 0 Å². The van der Waals surface area contributed by atoms with Gasteiger partial charge >= 0.3 is 0 Å². The van der Waals surface area contributed by atoms with Crippen molar-refractivity contribution in [3.63, 3.8) is 0 Å². The van der Waals surface area contributed by atoms with Crippen molar-refractivity contribution in [2.24, 2.45) is 0 Å². The first-order chi connectivity index (χ1) is 9.50. The average molecular weight is 273 g/mol. The molecule has 1 aromatic carbocycles. The molecule has 3 amide bonds. The molecule has 6 heteroatoms. The van der Waals surface area contributed by atoms with Crippen molar-refractivity contribution in [3.05, 3.63) is 29.3 Å². The monoisotopic (exact) mass is 273 g/mol. The van der Waals surface area contributed by atoms with Crippen molar-refractivity contribution in [1.29, 1.82) is 0 Å². The van der Waals surface area contributed by atoms with Gasteiger partial charge in [0.25, 0.3) is 11.8 Å². The molecule has 1 unspecified atom stereocenters. The summed E-state index contributed by atoms with van der Waals surface area (Å²) in [5.41, 5.74) is 6.48. The number of nitrogens with two attached hydrogens (primary N) is 1. The Morgan fingerprint density at radius 2 is 2.05 bits per heavy atom. The van der Waals surface area contributed by atoms with Gasteiger partial charge < -0.3 is 11.1 Å². The molecule has 0 spiro atoms. The van der Waals surface area contributed by atoms with Gasteiger partial charge in [-0.1, -0.05) is 6.07 Å². The van der Waals surface area contributed by atoms with Gasteiger partial charge in [-0.3, -0.25) is 19.3 Å². The van der Waals surface area contributed by atoms with E-state index in [1.54, 1.807) is 25.1 Å². The van der Waals surface area contributed by atoms with Gasteiger partial charge in [0.05, 0.1) is 11.1 Å². The molecule has 1 saturated carbocycles. The predicted molar refractivity (Wildman–Crippen MR) is 72.0 cm³/mol. The fourth-order valence-corrected chi connectivity index (χ4v) is 2.35. The van der Waals surface area contributed by atoms with Crippen LogP contribution in [-0.4, -0.2) is 34.7 Å². The Morgan fingerprint density at radius 1 is 1.35 bits per heavy atom. The van der Waals surface area contributed by atoms with E-state index in [2.05, 4.69) is 5.32 Å². The average Bonchev–Trinajstić information content (AvgIpc) is 3.17. The first-order valence-electron chi connectivity index (χ1n) is 6.57. The zero-order chi connectivity index (χ0) is 14.4. The van der Waals surface area contributed by atoms with Crippen LogP contribution < -0.4 is 11.1 Å². The Labute approximate surface area is 115 Å². The molecule has 0 bridgehead atoms. The Morgan fingerprint density at radius 3 is 2.65 bits per heavy atom. The number of imide groups is 1. The molecule has 6 nitrogen and oxygen atoms in total. The molecule has 1 fully saturated rings. The van der Waals surface area contributed by atoms with Gasteiger partial charge in [0.15, 0.2) is 0 Å². The zero-order valence-electron chi connectivity index (χ0n) is 11.1. The minimum absolute atomic E-state index is 0.185. The maximum absolute atomic E-state index is 12.3. The van der Waals surface area contributed by atoms with E-state index in [4.69, 9.17) is 5.73 Å². The van der Waals surface area contributed by atoms with E-state index in [1.165, 1.54) is 0 Å². The number of amides is 3. The zero-order valence-corrected chi connectivity index (χ0v) is 11.1. The van der Waals surface area contributed by atoms with Gasteiger partial charge in [-0.2, -0.15) is 0 Å². The van der Waals surface area contributed by atoms with Crippen molar-refractivity contribution in [2.75, 3.05) is 5.73 Å². The molecule has 1 heterocycles. The summed E-state index contributed by atoms with van der Waals surface area (Å²) in [5, 5.41) is 2.80. The summed E-state index contributed by atoms with van der Waals surface area (Å²) in [6.07, 6.45) is 1.90. The molecule has 1 aromatic rings. The van der Waals surface area contributed by atoms with Gasteiger partial charge in [0, 0.05) is 11.7 Å². The Kier molecular flexibility index (Phi) is 2.74. The van der Waals surface area contributed by atoms with E-state index >= 15 is 0 Å². The van der Waals surface area contributed by atoms with Crippen LogP contribution in [0.5, 0.6) is 0 Å². The van der Waals surface area contributed by atoms with E-state index < -0.39 is 17.9 Å². The number of hydrogen-bond acceptors (Lipinski definition) is 4. The van der Waals surface area contributed by atoms with Gasteiger partial charge in [0.2, 0.25) is 5.91 Å². The van der Waals surface area contributed by atoms with Crippen molar-refractivity contribution in [2.45, 2.75) is 31.8 Å². The third kappa shape index (κ3) is 1.84. The fourth-order valence-electron chi connectivity index (χ4n) is 2.35. The number of rotatable bonds is 3. The number of hydrogen-bond donors (Lipinski definition) is 2. The summed E-state index contributed by atoms with van der Waals surface area (Å²) < 4.78 is 0. The Bertz CT molecular complexity index is 622. The molecule has 3 rings (SSSR count). The van der Waals surface area contributed by atoms with Crippen LogP contribution in [0.1, 0.15) is 40.5 Å². The molecule has 0 radical (unpaired) electrons. The van der Waals surface area contributed by atoms with Crippen molar-refractivity contribution in [1.82, 2.24) is 10.2 Å². The smallest absolute Gasteiger partial charge is 0.264 e. The summed E-state index contributed by atoms with van der Waals surface area (Å²) in [4.78, 5) is 37.6. The maximum atomic E-state index is 12.3. The molecule has 0 aromatic heterocycles. The van der Waals surface area contributed by atoms with E-state index in [0.717, 1.165) is 17.7 Å². The van der Waals surface area contributed by atoms with Gasteiger partial charge in [-0.25, -0.2) is 0 Å². The van der Waals surface area contributed by atoms with Crippen LogP contribution in [0.25, 0.3) is 0 Å². The van der Waals surface area contributed by atoms with Crippen LogP contribution in [-0.2, 0) is 4.79 Å². The SMILES string of the molecule is CC(C(=O)NC1CC1)N1C(=O)c2cccc(N)c2C1=O. The summed E-state index contributed by atoms with van der Waals surface area (Å²) in [5.74, 6) is -1.27. The molecule has 1 aliphatic heterocycles. The number of nitrogens with one attached hydrogen (secondary N) is 1. The first-order valence-corrected chi connectivity index (χ1v) is 6.57. The minimum atomic E-state index is -0.831. The van der Waals surface area contributed by atoms with E-state index in [-0.39, 0.29) is 28.8 Å². The first kappa shape index (κ1) is 12.7. The van der Waals surface area contributed by atoms with Crippen molar-refractivity contribution < 1.29 is 14.4 Å². The molecule has 20 heavy (non-hydrogen) atoms. The lowest BCUT2D eigenvalue weighted by Crippen LogP contribution is -2.48. The normalized spacial score (nSPS) is 18.9. The lowest BCUT2D eigenvalue weighted by Gasteiger charge is -2.21. The van der Waals surface area contributed by atoms with E-state index in [9.17, 15) is 14.4 Å². The lowest BCUT2D eigenvalue weighted by molar-refractivity contribution is -0.124. The van der Waals surface area contributed by atoms with Crippen LogP contribution in [0.15, 0.2) is 18.2 Å².